The molecule has 0 saturated heterocycles. The molecule has 8 heteroatoms. The molecule has 0 aliphatic heterocycles. The molecule has 0 aliphatic rings. The lowest BCUT2D eigenvalue weighted by molar-refractivity contribution is 0.0702. The molecule has 140 valence electrons. The standard InChI is InChI=1S/C15H34N4O3.HI/c1-5-16-15(17-7-6-11-22-14-13-21-4)18-8-9-19(2)10-12-20-3;/h5-14H2,1-4H3,(H2,16,17,18);1H. The quantitative estimate of drug-likeness (QED) is 0.178. The van der Waals surface area contributed by atoms with E-state index in [1.165, 1.54) is 0 Å². The normalized spacial score (nSPS) is 11.4. The Morgan fingerprint density at radius 3 is 2.39 bits per heavy atom. The molecular weight excluding hydrogens is 411 g/mol. The van der Waals surface area contributed by atoms with E-state index in [2.05, 4.69) is 34.5 Å². The predicted octanol–water partition coefficient (Wildman–Crippen LogP) is 0.791. The smallest absolute Gasteiger partial charge is 0.191 e. The van der Waals surface area contributed by atoms with Crippen molar-refractivity contribution in [2.24, 2.45) is 4.99 Å². The van der Waals surface area contributed by atoms with Crippen LogP contribution in [0.1, 0.15) is 13.3 Å². The zero-order valence-electron chi connectivity index (χ0n) is 15.1. The third-order valence-electron chi connectivity index (χ3n) is 2.96. The minimum atomic E-state index is 0. The molecule has 0 radical (unpaired) electrons. The molecule has 7 nitrogen and oxygen atoms in total. The van der Waals surface area contributed by atoms with Crippen LogP contribution < -0.4 is 10.6 Å². The number of rotatable bonds is 14. The first-order chi connectivity index (χ1) is 10.7. The summed E-state index contributed by atoms with van der Waals surface area (Å²) in [7, 11) is 5.48. The average Bonchev–Trinajstić information content (AvgIpc) is 2.52. The molecule has 0 bridgehead atoms. The number of guanidine groups is 1. The maximum absolute atomic E-state index is 5.41. The molecule has 23 heavy (non-hydrogen) atoms. The van der Waals surface area contributed by atoms with Crippen molar-refractivity contribution in [1.82, 2.24) is 15.5 Å². The van der Waals surface area contributed by atoms with Crippen LogP contribution in [0.2, 0.25) is 0 Å². The van der Waals surface area contributed by atoms with Crippen molar-refractivity contribution in [3.05, 3.63) is 0 Å². The fourth-order valence-corrected chi connectivity index (χ4v) is 1.67. The van der Waals surface area contributed by atoms with Crippen molar-refractivity contribution < 1.29 is 14.2 Å². The third kappa shape index (κ3) is 18.0. The van der Waals surface area contributed by atoms with Gasteiger partial charge in [0.25, 0.3) is 0 Å². The molecule has 0 aromatic rings. The lowest BCUT2D eigenvalue weighted by Gasteiger charge is -2.17. The molecule has 0 unspecified atom stereocenters. The Labute approximate surface area is 158 Å². The molecule has 0 aromatic carbocycles. The summed E-state index contributed by atoms with van der Waals surface area (Å²) in [4.78, 5) is 6.76. The first kappa shape index (κ1) is 25.1. The molecule has 2 N–H and O–H groups in total. The highest BCUT2D eigenvalue weighted by molar-refractivity contribution is 14.0. The number of hydrogen-bond acceptors (Lipinski definition) is 5. The Morgan fingerprint density at radius 2 is 1.74 bits per heavy atom. The largest absolute Gasteiger partial charge is 0.383 e. The second-order valence-electron chi connectivity index (χ2n) is 4.94. The van der Waals surface area contributed by atoms with Crippen LogP contribution in [0.3, 0.4) is 0 Å². The molecule has 0 fully saturated rings. The number of halogens is 1. The Balaban J connectivity index is 0. The fourth-order valence-electron chi connectivity index (χ4n) is 1.67. The Morgan fingerprint density at radius 1 is 1.00 bits per heavy atom. The van der Waals surface area contributed by atoms with Crippen molar-refractivity contribution in [3.63, 3.8) is 0 Å². The van der Waals surface area contributed by atoms with Gasteiger partial charge in [-0.3, -0.25) is 4.99 Å². The van der Waals surface area contributed by atoms with Gasteiger partial charge in [-0.2, -0.15) is 0 Å². The van der Waals surface area contributed by atoms with Crippen LogP contribution in [-0.2, 0) is 14.2 Å². The molecule has 0 heterocycles. The van der Waals surface area contributed by atoms with Gasteiger partial charge in [0.2, 0.25) is 0 Å². The van der Waals surface area contributed by atoms with Gasteiger partial charge in [-0.05, 0) is 20.4 Å². The monoisotopic (exact) mass is 446 g/mol. The van der Waals surface area contributed by atoms with Crippen LogP contribution in [0.5, 0.6) is 0 Å². The van der Waals surface area contributed by atoms with Gasteiger partial charge in [0.15, 0.2) is 5.96 Å². The van der Waals surface area contributed by atoms with Crippen molar-refractivity contribution in [2.45, 2.75) is 13.3 Å². The van der Waals surface area contributed by atoms with Gasteiger partial charge in [-0.25, -0.2) is 0 Å². The summed E-state index contributed by atoms with van der Waals surface area (Å²) < 4.78 is 15.4. The highest BCUT2D eigenvalue weighted by Crippen LogP contribution is 1.86. The summed E-state index contributed by atoms with van der Waals surface area (Å²) in [6.07, 6.45) is 0.911. The summed E-state index contributed by atoms with van der Waals surface area (Å²) in [5.41, 5.74) is 0. The van der Waals surface area contributed by atoms with Gasteiger partial charge in [0.05, 0.1) is 19.8 Å². The van der Waals surface area contributed by atoms with Crippen LogP contribution in [0.4, 0.5) is 0 Å². The van der Waals surface area contributed by atoms with Gasteiger partial charge < -0.3 is 29.7 Å². The second kappa shape index (κ2) is 19.9. The first-order valence-corrected chi connectivity index (χ1v) is 8.00. The zero-order chi connectivity index (χ0) is 16.5. The van der Waals surface area contributed by atoms with Gasteiger partial charge in [-0.15, -0.1) is 24.0 Å². The minimum Gasteiger partial charge on any atom is -0.383 e. The highest BCUT2D eigenvalue weighted by Gasteiger charge is 2.00. The maximum atomic E-state index is 5.41. The van der Waals surface area contributed by atoms with Crippen molar-refractivity contribution >= 4 is 29.9 Å². The Hall–Kier alpha value is -0.160. The summed E-state index contributed by atoms with van der Waals surface area (Å²) in [6.45, 7) is 9.18. The lowest BCUT2D eigenvalue weighted by Crippen LogP contribution is -2.41. The summed E-state index contributed by atoms with van der Waals surface area (Å²) in [5.74, 6) is 0.861. The van der Waals surface area contributed by atoms with Crippen LogP contribution in [0, 0.1) is 0 Å². The van der Waals surface area contributed by atoms with Gasteiger partial charge in [-0.1, -0.05) is 0 Å². The maximum Gasteiger partial charge on any atom is 0.191 e. The van der Waals surface area contributed by atoms with E-state index in [9.17, 15) is 0 Å². The summed E-state index contributed by atoms with van der Waals surface area (Å²) in [5, 5.41) is 6.58. The van der Waals surface area contributed by atoms with E-state index in [1.807, 2.05) is 0 Å². The Bertz CT molecular complexity index is 271. The van der Waals surface area contributed by atoms with E-state index in [-0.39, 0.29) is 24.0 Å². The van der Waals surface area contributed by atoms with E-state index in [0.717, 1.165) is 51.7 Å². The molecule has 0 aromatic heterocycles. The number of likely N-dealkylation sites (N-methyl/N-ethyl adjacent to an activating group) is 1. The second-order valence-corrected chi connectivity index (χ2v) is 4.94. The highest BCUT2D eigenvalue weighted by atomic mass is 127. The van der Waals surface area contributed by atoms with E-state index in [0.29, 0.717) is 19.8 Å². The van der Waals surface area contributed by atoms with E-state index >= 15 is 0 Å². The number of hydrogen-bond donors (Lipinski definition) is 2. The van der Waals surface area contributed by atoms with Crippen molar-refractivity contribution in [1.29, 1.82) is 0 Å². The van der Waals surface area contributed by atoms with E-state index in [4.69, 9.17) is 14.2 Å². The number of ether oxygens (including phenoxy) is 3. The first-order valence-electron chi connectivity index (χ1n) is 8.00. The zero-order valence-corrected chi connectivity index (χ0v) is 17.4. The minimum absolute atomic E-state index is 0. The predicted molar refractivity (Wildman–Crippen MR) is 106 cm³/mol. The SMILES string of the molecule is CCNC(=NCCCOCCOC)NCCN(C)CCOC.I. The number of methoxy groups -OCH3 is 2. The molecule has 0 saturated carbocycles. The molecule has 0 amide bonds. The molecule has 0 spiro atoms. The summed E-state index contributed by atoms with van der Waals surface area (Å²) in [6, 6.07) is 0. The van der Waals surface area contributed by atoms with Crippen LogP contribution >= 0.6 is 24.0 Å². The summed E-state index contributed by atoms with van der Waals surface area (Å²) >= 11 is 0. The van der Waals surface area contributed by atoms with Crippen LogP contribution in [0.15, 0.2) is 4.99 Å². The molecule has 0 atom stereocenters. The third-order valence-corrected chi connectivity index (χ3v) is 2.96. The average molecular weight is 446 g/mol. The van der Waals surface area contributed by atoms with Crippen molar-refractivity contribution in [2.75, 3.05) is 80.4 Å². The number of nitrogens with one attached hydrogen (secondary N) is 2. The van der Waals surface area contributed by atoms with Gasteiger partial charge in [0.1, 0.15) is 0 Å². The fraction of sp³-hybridized carbons (Fsp3) is 0.933. The van der Waals surface area contributed by atoms with E-state index in [1.54, 1.807) is 14.2 Å². The topological polar surface area (TPSA) is 67.4 Å². The van der Waals surface area contributed by atoms with Crippen LogP contribution in [0.25, 0.3) is 0 Å². The lowest BCUT2D eigenvalue weighted by atomic mass is 10.4. The van der Waals surface area contributed by atoms with Crippen molar-refractivity contribution in [3.8, 4) is 0 Å². The van der Waals surface area contributed by atoms with Crippen LogP contribution in [-0.4, -0.2) is 91.3 Å². The number of aliphatic imine (C=N–C) groups is 1. The molecule has 0 aliphatic carbocycles. The van der Waals surface area contributed by atoms with E-state index < -0.39 is 0 Å². The van der Waals surface area contributed by atoms with Gasteiger partial charge >= 0.3 is 0 Å². The Kier molecular flexibility index (Phi) is 21.7. The van der Waals surface area contributed by atoms with Gasteiger partial charge in [0, 0.05) is 53.6 Å². The molecule has 0 rings (SSSR count). The molecular formula is C15H35IN4O3. The number of nitrogens with zero attached hydrogens (tertiary/aromatic N) is 2.